The Bertz CT molecular complexity index is 1390. The van der Waals surface area contributed by atoms with Crippen molar-refractivity contribution in [3.63, 3.8) is 0 Å². The number of nitrogens with one attached hydrogen (secondary N) is 2. The van der Waals surface area contributed by atoms with E-state index in [0.717, 1.165) is 48.6 Å². The van der Waals surface area contributed by atoms with Gasteiger partial charge in [0.1, 0.15) is 54.6 Å². The van der Waals surface area contributed by atoms with E-state index in [0.29, 0.717) is 25.1 Å². The molecular weight excluding hydrogens is 728 g/mol. The first kappa shape index (κ1) is 46.3. The van der Waals surface area contributed by atoms with E-state index in [1.165, 1.54) is 64.2 Å². The Morgan fingerprint density at radius 2 is 1.30 bits per heavy atom. The van der Waals surface area contributed by atoms with Crippen molar-refractivity contribution in [3.8, 4) is 5.75 Å². The summed E-state index contributed by atoms with van der Waals surface area (Å²) in [6.45, 7) is 1.21. The Morgan fingerprint density at radius 1 is 0.750 bits per heavy atom. The number of amides is 1. The summed E-state index contributed by atoms with van der Waals surface area (Å²) in [4.78, 5) is 15.7. The van der Waals surface area contributed by atoms with Crippen LogP contribution in [0.1, 0.15) is 115 Å². The molecule has 2 fully saturated rings. The van der Waals surface area contributed by atoms with Gasteiger partial charge in [-0.05, 0) is 49.9 Å². The Balaban J connectivity index is 1.11. The standard InChI is InChI=1S/C41H68N2O13/c1-26(45)16-14-12-10-8-6-4-2-3-5-7-9-11-13-15-17-33(46)42-21-20-27-23-43-30-19-18-28(22-29(27)30)54-41-39(52)37(50)35(48)32(56-41)25-53-40-38(51)36(49)34(47)31(24-44)55-40/h18-19,22-23,26,31-32,34-41,43-45,47-52H,2-17,20-21,24-25H2,1H3,(H,42,46)/t26?,31-,32-,34-,35-,36-,37-,38-,39+,40?,41-/m1/s1. The maximum atomic E-state index is 12.5. The van der Waals surface area contributed by atoms with Crippen molar-refractivity contribution in [3.05, 3.63) is 30.0 Å². The lowest BCUT2D eigenvalue weighted by atomic mass is 9.98. The van der Waals surface area contributed by atoms with Crippen LogP contribution in [0.5, 0.6) is 5.75 Å². The first-order valence-corrected chi connectivity index (χ1v) is 20.8. The van der Waals surface area contributed by atoms with Gasteiger partial charge < -0.3 is 70.1 Å². The summed E-state index contributed by atoms with van der Waals surface area (Å²) in [5.74, 6) is 0.349. The van der Waals surface area contributed by atoms with Gasteiger partial charge in [-0.15, -0.1) is 0 Å². The summed E-state index contributed by atoms with van der Waals surface area (Å²) >= 11 is 0. The number of H-pyrrole nitrogens is 1. The molecule has 0 bridgehead atoms. The van der Waals surface area contributed by atoms with Crippen molar-refractivity contribution in [2.24, 2.45) is 0 Å². The predicted octanol–water partition coefficient (Wildman–Crippen LogP) is 2.45. The van der Waals surface area contributed by atoms with Crippen molar-refractivity contribution >= 4 is 16.8 Å². The Kier molecular flexibility index (Phi) is 20.2. The van der Waals surface area contributed by atoms with Crippen molar-refractivity contribution < 1.29 is 64.6 Å². The molecule has 1 aromatic carbocycles. The normalized spacial score (nSPS) is 28.7. The second-order valence-electron chi connectivity index (χ2n) is 15.6. The molecule has 1 amide bonds. The van der Waals surface area contributed by atoms with Crippen LogP contribution < -0.4 is 10.1 Å². The fourth-order valence-corrected chi connectivity index (χ4v) is 7.39. The molecule has 0 aliphatic carbocycles. The smallest absolute Gasteiger partial charge is 0.229 e. The average Bonchev–Trinajstić information content (AvgIpc) is 3.58. The van der Waals surface area contributed by atoms with E-state index < -0.39 is 74.6 Å². The number of carbonyl (C=O) groups is 1. The van der Waals surface area contributed by atoms with Crippen LogP contribution in [-0.2, 0) is 25.4 Å². The molecule has 3 heterocycles. The quantitative estimate of drug-likeness (QED) is 0.0616. The van der Waals surface area contributed by atoms with E-state index in [1.54, 1.807) is 18.2 Å². The molecule has 2 aliphatic rings. The Morgan fingerprint density at radius 3 is 1.91 bits per heavy atom. The lowest BCUT2D eigenvalue weighted by Crippen LogP contribution is -2.62. The van der Waals surface area contributed by atoms with Crippen molar-refractivity contribution in [2.75, 3.05) is 19.8 Å². The number of aromatic amines is 1. The number of benzene rings is 1. The topological polar surface area (TPSA) is 244 Å². The molecule has 11 atom stereocenters. The van der Waals surface area contributed by atoms with Gasteiger partial charge >= 0.3 is 0 Å². The molecule has 4 rings (SSSR count). The molecule has 2 unspecified atom stereocenters. The third-order valence-electron chi connectivity index (χ3n) is 10.9. The van der Waals surface area contributed by atoms with Crippen LogP contribution in [0.25, 0.3) is 10.9 Å². The highest BCUT2D eigenvalue weighted by atomic mass is 16.7. The van der Waals surface area contributed by atoms with Gasteiger partial charge in [-0.25, -0.2) is 0 Å². The van der Waals surface area contributed by atoms with Gasteiger partial charge in [-0.2, -0.15) is 0 Å². The van der Waals surface area contributed by atoms with Crippen molar-refractivity contribution in [2.45, 2.75) is 184 Å². The Labute approximate surface area is 330 Å². The monoisotopic (exact) mass is 796 g/mol. The van der Waals surface area contributed by atoms with Gasteiger partial charge in [0.2, 0.25) is 12.2 Å². The highest BCUT2D eigenvalue weighted by Gasteiger charge is 2.48. The van der Waals surface area contributed by atoms with E-state index in [9.17, 15) is 45.6 Å². The fourth-order valence-electron chi connectivity index (χ4n) is 7.39. The number of aliphatic hydroxyl groups is 8. The summed E-state index contributed by atoms with van der Waals surface area (Å²) in [7, 11) is 0. The number of carbonyl (C=O) groups excluding carboxylic acids is 1. The molecule has 15 nitrogen and oxygen atoms in total. The number of rotatable bonds is 26. The predicted molar refractivity (Wildman–Crippen MR) is 208 cm³/mol. The molecule has 1 aromatic heterocycles. The van der Waals surface area contributed by atoms with E-state index in [-0.39, 0.29) is 12.0 Å². The molecular formula is C41H68N2O13. The Hall–Kier alpha value is -2.41. The number of ether oxygens (including phenoxy) is 4. The highest BCUT2D eigenvalue weighted by molar-refractivity contribution is 5.84. The summed E-state index contributed by atoms with van der Waals surface area (Å²) in [6, 6.07) is 5.20. The minimum absolute atomic E-state index is 0.0334. The van der Waals surface area contributed by atoms with E-state index in [1.807, 2.05) is 13.1 Å². The largest absolute Gasteiger partial charge is 0.462 e. The average molecular weight is 797 g/mol. The van der Waals surface area contributed by atoms with E-state index >= 15 is 0 Å². The molecule has 2 aliphatic heterocycles. The number of hydrogen-bond donors (Lipinski definition) is 10. The number of aliphatic hydroxyl groups excluding tert-OH is 8. The molecule has 0 saturated carbocycles. The number of hydrogen-bond acceptors (Lipinski definition) is 13. The molecule has 10 N–H and O–H groups in total. The third-order valence-corrected chi connectivity index (χ3v) is 10.9. The zero-order chi connectivity index (χ0) is 40.5. The van der Waals surface area contributed by atoms with E-state index in [4.69, 9.17) is 18.9 Å². The van der Waals surface area contributed by atoms with Crippen LogP contribution in [0.15, 0.2) is 24.4 Å². The van der Waals surface area contributed by atoms with Crippen LogP contribution in [0.3, 0.4) is 0 Å². The first-order valence-electron chi connectivity index (χ1n) is 20.8. The second kappa shape index (κ2) is 24.5. The van der Waals surface area contributed by atoms with Gasteiger partial charge in [0, 0.05) is 30.1 Å². The van der Waals surface area contributed by atoms with Crippen LogP contribution in [0, 0.1) is 0 Å². The van der Waals surface area contributed by atoms with Gasteiger partial charge in [-0.1, -0.05) is 83.5 Å². The zero-order valence-corrected chi connectivity index (χ0v) is 32.9. The minimum Gasteiger partial charge on any atom is -0.462 e. The van der Waals surface area contributed by atoms with Gasteiger partial charge in [0.05, 0.1) is 19.3 Å². The number of unbranched alkanes of at least 4 members (excludes halogenated alkanes) is 13. The lowest BCUT2D eigenvalue weighted by Gasteiger charge is -2.42. The maximum Gasteiger partial charge on any atom is 0.229 e. The highest BCUT2D eigenvalue weighted by Crippen LogP contribution is 2.30. The molecule has 15 heteroatoms. The van der Waals surface area contributed by atoms with Gasteiger partial charge in [-0.3, -0.25) is 4.79 Å². The van der Waals surface area contributed by atoms with E-state index in [2.05, 4.69) is 10.3 Å². The molecule has 0 radical (unpaired) electrons. The fraction of sp³-hybridized carbons (Fsp3) is 0.780. The zero-order valence-electron chi connectivity index (χ0n) is 32.9. The van der Waals surface area contributed by atoms with Gasteiger partial charge in [0.15, 0.2) is 6.29 Å². The summed E-state index contributed by atoms with van der Waals surface area (Å²) < 4.78 is 22.5. The van der Waals surface area contributed by atoms with Crippen LogP contribution >= 0.6 is 0 Å². The van der Waals surface area contributed by atoms with Crippen LogP contribution in [0.4, 0.5) is 0 Å². The lowest BCUT2D eigenvalue weighted by molar-refractivity contribution is -0.323. The summed E-state index contributed by atoms with van der Waals surface area (Å²) in [5, 5.41) is 84.7. The maximum absolute atomic E-state index is 12.5. The van der Waals surface area contributed by atoms with Crippen molar-refractivity contribution in [1.29, 1.82) is 0 Å². The number of aromatic nitrogens is 1. The first-order chi connectivity index (χ1) is 27.0. The molecule has 0 spiro atoms. The summed E-state index contributed by atoms with van der Waals surface area (Å²) in [5.41, 5.74) is 1.78. The second-order valence-corrected chi connectivity index (χ2v) is 15.6. The van der Waals surface area contributed by atoms with Crippen molar-refractivity contribution in [1.82, 2.24) is 10.3 Å². The third kappa shape index (κ3) is 14.5. The molecule has 2 aromatic rings. The SMILES string of the molecule is CC(O)CCCCCCCCCCCCCCCCC(=O)NCCc1c[nH]c2ccc(O[C@@H]3O[C@H](COC4O[C@H](CO)[C@@H](O)[C@@H](O)[C@H]4O)[C@@H](O)[C@@H](O)[C@@H]3O)cc12. The molecule has 320 valence electrons. The number of fused-ring (bicyclic) bond motifs is 1. The van der Waals surface area contributed by atoms with Gasteiger partial charge in [0.25, 0.3) is 0 Å². The minimum atomic E-state index is -1.67. The molecule has 2 saturated heterocycles. The van der Waals surface area contributed by atoms with Crippen LogP contribution in [0.2, 0.25) is 0 Å². The molecule has 56 heavy (non-hydrogen) atoms. The van der Waals surface area contributed by atoms with Crippen LogP contribution in [-0.4, -0.2) is 139 Å². The summed E-state index contributed by atoms with van der Waals surface area (Å²) in [6.07, 6.45) is 5.57.